The number of amides is 1. The fourth-order valence-corrected chi connectivity index (χ4v) is 1.60. The minimum atomic E-state index is 0.00229. The van der Waals surface area contributed by atoms with Gasteiger partial charge < -0.3 is 9.64 Å². The fraction of sp³-hybridized carbons (Fsp3) is 0.462. The molecule has 1 aromatic carbocycles. The van der Waals surface area contributed by atoms with Crippen LogP contribution in [0.2, 0.25) is 0 Å². The number of nitrogens with zero attached hydrogens (tertiary/aromatic N) is 1. The molecule has 0 saturated heterocycles. The van der Waals surface area contributed by atoms with Gasteiger partial charge in [0.15, 0.2) is 0 Å². The second kappa shape index (κ2) is 5.66. The number of carbonyl (C=O) groups is 1. The van der Waals surface area contributed by atoms with E-state index in [1.807, 2.05) is 0 Å². The summed E-state index contributed by atoms with van der Waals surface area (Å²) in [4.78, 5) is 13.2. The van der Waals surface area contributed by atoms with Crippen LogP contribution in [0.3, 0.4) is 0 Å². The summed E-state index contributed by atoms with van der Waals surface area (Å²) in [6.07, 6.45) is 0. The number of hydrogen-bond donors (Lipinski definition) is 0. The number of benzene rings is 1. The third kappa shape index (κ3) is 3.35. The molecular weight excluding hydrogens is 202 g/mol. The lowest BCUT2D eigenvalue weighted by molar-refractivity contribution is -0.134. The first kappa shape index (κ1) is 12.7. The van der Waals surface area contributed by atoms with E-state index in [9.17, 15) is 4.79 Å². The maximum Gasteiger partial charge on any atom is 0.248 e. The summed E-state index contributed by atoms with van der Waals surface area (Å²) in [7, 11) is 3.32. The van der Waals surface area contributed by atoms with Crippen molar-refractivity contribution in [2.45, 2.75) is 20.4 Å². The van der Waals surface area contributed by atoms with Gasteiger partial charge in [0.1, 0.15) is 6.61 Å². The van der Waals surface area contributed by atoms with Crippen molar-refractivity contribution < 1.29 is 9.53 Å². The molecule has 1 amide bonds. The summed E-state index contributed by atoms with van der Waals surface area (Å²) < 4.78 is 4.82. The van der Waals surface area contributed by atoms with Crippen LogP contribution in [-0.4, -0.2) is 31.6 Å². The summed E-state index contributed by atoms with van der Waals surface area (Å²) in [6.45, 7) is 4.91. The van der Waals surface area contributed by atoms with Gasteiger partial charge in [0.05, 0.1) is 0 Å². The van der Waals surface area contributed by atoms with Crippen LogP contribution in [-0.2, 0) is 16.1 Å². The molecule has 88 valence electrons. The molecule has 0 unspecified atom stereocenters. The lowest BCUT2D eigenvalue weighted by atomic mass is 10.1. The Bertz CT molecular complexity index is 374. The van der Waals surface area contributed by atoms with Crippen molar-refractivity contribution in [2.75, 3.05) is 20.8 Å². The molecule has 1 rings (SSSR count). The molecule has 0 spiro atoms. The van der Waals surface area contributed by atoms with Crippen LogP contribution in [0.5, 0.6) is 0 Å². The van der Waals surface area contributed by atoms with Crippen molar-refractivity contribution in [3.63, 3.8) is 0 Å². The third-order valence-corrected chi connectivity index (χ3v) is 2.60. The van der Waals surface area contributed by atoms with Crippen LogP contribution in [0.15, 0.2) is 18.2 Å². The topological polar surface area (TPSA) is 29.5 Å². The molecule has 0 fully saturated rings. The predicted octanol–water partition coefficient (Wildman–Crippen LogP) is 1.91. The van der Waals surface area contributed by atoms with Gasteiger partial charge in [0.25, 0.3) is 0 Å². The fourth-order valence-electron chi connectivity index (χ4n) is 1.60. The molecule has 0 aliphatic heterocycles. The summed E-state index contributed by atoms with van der Waals surface area (Å²) in [5, 5.41) is 0. The Morgan fingerprint density at radius 2 is 2.06 bits per heavy atom. The number of rotatable bonds is 4. The standard InChI is InChI=1S/C13H19NO2/c1-10-5-6-12(11(2)7-10)8-14(3)13(15)9-16-4/h5-7H,8-9H2,1-4H3. The monoisotopic (exact) mass is 221 g/mol. The van der Waals surface area contributed by atoms with Gasteiger partial charge in [-0.2, -0.15) is 0 Å². The van der Waals surface area contributed by atoms with Gasteiger partial charge in [-0.15, -0.1) is 0 Å². The number of likely N-dealkylation sites (N-methyl/N-ethyl adjacent to an activating group) is 1. The Morgan fingerprint density at radius 1 is 1.38 bits per heavy atom. The Hall–Kier alpha value is -1.35. The van der Waals surface area contributed by atoms with E-state index in [4.69, 9.17) is 4.74 Å². The molecule has 3 heteroatoms. The van der Waals surface area contributed by atoms with E-state index in [-0.39, 0.29) is 12.5 Å². The Morgan fingerprint density at radius 3 is 2.62 bits per heavy atom. The molecule has 0 aliphatic carbocycles. The average Bonchev–Trinajstić information content (AvgIpc) is 2.22. The molecule has 0 radical (unpaired) electrons. The minimum absolute atomic E-state index is 0.00229. The molecule has 0 atom stereocenters. The molecule has 1 aromatic rings. The molecule has 16 heavy (non-hydrogen) atoms. The highest BCUT2D eigenvalue weighted by molar-refractivity contribution is 5.77. The second-order valence-electron chi connectivity index (χ2n) is 4.11. The zero-order valence-electron chi connectivity index (χ0n) is 10.4. The Kier molecular flexibility index (Phi) is 4.50. The zero-order chi connectivity index (χ0) is 12.1. The molecule has 3 nitrogen and oxygen atoms in total. The van der Waals surface area contributed by atoms with Crippen molar-refractivity contribution in [3.8, 4) is 0 Å². The van der Waals surface area contributed by atoms with Crippen molar-refractivity contribution in [1.82, 2.24) is 4.90 Å². The Balaban J connectivity index is 2.69. The maximum absolute atomic E-state index is 11.5. The third-order valence-electron chi connectivity index (χ3n) is 2.60. The van der Waals surface area contributed by atoms with Crippen LogP contribution >= 0.6 is 0 Å². The van der Waals surface area contributed by atoms with E-state index in [0.717, 1.165) is 0 Å². The van der Waals surface area contributed by atoms with Gasteiger partial charge in [0.2, 0.25) is 5.91 Å². The van der Waals surface area contributed by atoms with Gasteiger partial charge in [-0.05, 0) is 25.0 Å². The second-order valence-corrected chi connectivity index (χ2v) is 4.11. The SMILES string of the molecule is COCC(=O)N(C)Cc1ccc(C)cc1C. The molecule has 0 N–H and O–H groups in total. The highest BCUT2D eigenvalue weighted by atomic mass is 16.5. The average molecular weight is 221 g/mol. The first-order valence-corrected chi connectivity index (χ1v) is 5.33. The van der Waals surface area contributed by atoms with Crippen LogP contribution in [0.4, 0.5) is 0 Å². The number of aryl methyl sites for hydroxylation is 2. The van der Waals surface area contributed by atoms with E-state index in [1.165, 1.54) is 23.8 Å². The van der Waals surface area contributed by atoms with Gasteiger partial charge in [-0.1, -0.05) is 23.8 Å². The van der Waals surface area contributed by atoms with Crippen LogP contribution in [0.25, 0.3) is 0 Å². The minimum Gasteiger partial charge on any atom is -0.375 e. The first-order chi connectivity index (χ1) is 7.54. The summed E-state index contributed by atoms with van der Waals surface area (Å²) in [5.74, 6) is 0.00229. The van der Waals surface area contributed by atoms with Gasteiger partial charge >= 0.3 is 0 Å². The predicted molar refractivity (Wildman–Crippen MR) is 64.3 cm³/mol. The molecule has 0 saturated carbocycles. The van der Waals surface area contributed by atoms with E-state index in [1.54, 1.807) is 11.9 Å². The smallest absolute Gasteiger partial charge is 0.248 e. The molecule has 0 heterocycles. The van der Waals surface area contributed by atoms with Crippen molar-refractivity contribution in [2.24, 2.45) is 0 Å². The number of carbonyl (C=O) groups excluding carboxylic acids is 1. The van der Waals surface area contributed by atoms with E-state index >= 15 is 0 Å². The molecule has 0 aromatic heterocycles. The van der Waals surface area contributed by atoms with E-state index < -0.39 is 0 Å². The Labute approximate surface area is 97.0 Å². The van der Waals surface area contributed by atoms with Gasteiger partial charge in [0, 0.05) is 20.7 Å². The molecule has 0 aliphatic rings. The van der Waals surface area contributed by atoms with Crippen molar-refractivity contribution >= 4 is 5.91 Å². The maximum atomic E-state index is 11.5. The summed E-state index contributed by atoms with van der Waals surface area (Å²) in [6, 6.07) is 6.27. The van der Waals surface area contributed by atoms with Crippen LogP contribution in [0, 0.1) is 13.8 Å². The van der Waals surface area contributed by atoms with Crippen LogP contribution in [0.1, 0.15) is 16.7 Å². The van der Waals surface area contributed by atoms with Crippen molar-refractivity contribution in [1.29, 1.82) is 0 Å². The van der Waals surface area contributed by atoms with E-state index in [0.29, 0.717) is 6.54 Å². The largest absolute Gasteiger partial charge is 0.375 e. The zero-order valence-corrected chi connectivity index (χ0v) is 10.4. The number of hydrogen-bond acceptors (Lipinski definition) is 2. The van der Waals surface area contributed by atoms with Gasteiger partial charge in [-0.25, -0.2) is 0 Å². The lowest BCUT2D eigenvalue weighted by Crippen LogP contribution is -2.29. The molecular formula is C13H19NO2. The lowest BCUT2D eigenvalue weighted by Gasteiger charge is -2.18. The van der Waals surface area contributed by atoms with Gasteiger partial charge in [-0.3, -0.25) is 4.79 Å². The van der Waals surface area contributed by atoms with Crippen LogP contribution < -0.4 is 0 Å². The first-order valence-electron chi connectivity index (χ1n) is 5.33. The highest BCUT2D eigenvalue weighted by Crippen LogP contribution is 2.12. The summed E-state index contributed by atoms with van der Waals surface area (Å²) in [5.41, 5.74) is 3.64. The normalized spacial score (nSPS) is 10.2. The summed E-state index contributed by atoms with van der Waals surface area (Å²) >= 11 is 0. The van der Waals surface area contributed by atoms with E-state index in [2.05, 4.69) is 32.0 Å². The highest BCUT2D eigenvalue weighted by Gasteiger charge is 2.09. The quantitative estimate of drug-likeness (QED) is 0.777. The number of methoxy groups -OCH3 is 1. The van der Waals surface area contributed by atoms with Crippen molar-refractivity contribution in [3.05, 3.63) is 34.9 Å². The number of ether oxygens (including phenoxy) is 1. The molecule has 0 bridgehead atoms.